The van der Waals surface area contributed by atoms with Crippen LogP contribution in [0.5, 0.6) is 5.75 Å². The van der Waals surface area contributed by atoms with E-state index in [-0.39, 0.29) is 41.0 Å². The molecule has 9 heteroatoms. The van der Waals surface area contributed by atoms with Gasteiger partial charge in [0.2, 0.25) is 5.91 Å². The number of nitrogens with zero attached hydrogens (tertiary/aromatic N) is 1. The summed E-state index contributed by atoms with van der Waals surface area (Å²) in [7, 11) is 0. The van der Waals surface area contributed by atoms with Gasteiger partial charge in [-0.25, -0.2) is 9.37 Å². The summed E-state index contributed by atoms with van der Waals surface area (Å²) in [6.07, 6.45) is 3.82. The molecule has 1 aliphatic heterocycles. The Labute approximate surface area is 228 Å². The molecule has 1 aromatic heterocycles. The molecule has 0 saturated heterocycles. The van der Waals surface area contributed by atoms with Crippen molar-refractivity contribution in [2.75, 3.05) is 6.54 Å². The highest BCUT2D eigenvalue weighted by atomic mass is 35.5. The molecule has 37 heavy (non-hydrogen) atoms. The number of aliphatic hydroxyl groups is 1. The van der Waals surface area contributed by atoms with Crippen LogP contribution in [0.25, 0.3) is 0 Å². The van der Waals surface area contributed by atoms with Gasteiger partial charge in [-0.3, -0.25) is 4.79 Å². The smallest absolute Gasteiger partial charge is 0.217 e. The van der Waals surface area contributed by atoms with Crippen molar-refractivity contribution >= 4 is 29.1 Å². The molecule has 2 heterocycles. The molecule has 3 N–H and O–H groups in total. The Kier molecular flexibility index (Phi) is 8.39. The third kappa shape index (κ3) is 7.14. The standard InChI is InChI=1S/C28H36Cl2FN3O3/c1-16(35)33-22(10-17-8-18(29)11-19(31)9-17)24(36)15-32-23-14-28(6-5-7-28)37-25-21(23)12-20(34-26(25)30)13-27(2,3)4/h8-9,11-12,22-24,32,36H,5-7,10,13-15H2,1-4H3,(H,33,35)/t22-,23-,24+/m0/s1. The van der Waals surface area contributed by atoms with Crippen LogP contribution in [0.15, 0.2) is 24.3 Å². The number of pyridine rings is 1. The van der Waals surface area contributed by atoms with E-state index in [1.54, 1.807) is 6.07 Å². The van der Waals surface area contributed by atoms with Gasteiger partial charge in [0.05, 0.1) is 12.1 Å². The molecule has 1 saturated carbocycles. The van der Waals surface area contributed by atoms with Crippen LogP contribution in [0.4, 0.5) is 4.39 Å². The van der Waals surface area contributed by atoms with Crippen LogP contribution < -0.4 is 15.4 Å². The van der Waals surface area contributed by atoms with Crippen molar-refractivity contribution in [2.24, 2.45) is 5.41 Å². The molecule has 1 aromatic carbocycles. The average molecular weight is 553 g/mol. The van der Waals surface area contributed by atoms with Crippen LogP contribution in [0.2, 0.25) is 10.2 Å². The Balaban J connectivity index is 1.54. The number of nitrogens with one attached hydrogen (secondary N) is 2. The number of halogens is 3. The van der Waals surface area contributed by atoms with Crippen molar-refractivity contribution < 1.29 is 19.0 Å². The highest BCUT2D eigenvalue weighted by Crippen LogP contribution is 2.51. The van der Waals surface area contributed by atoms with Gasteiger partial charge in [-0.1, -0.05) is 44.0 Å². The van der Waals surface area contributed by atoms with Crippen molar-refractivity contribution in [3.8, 4) is 5.75 Å². The van der Waals surface area contributed by atoms with Crippen LogP contribution in [0.3, 0.4) is 0 Å². The lowest BCUT2D eigenvalue weighted by Gasteiger charge is -2.48. The van der Waals surface area contributed by atoms with E-state index in [9.17, 15) is 14.3 Å². The number of hydrogen-bond acceptors (Lipinski definition) is 5. The van der Waals surface area contributed by atoms with Crippen LogP contribution in [-0.4, -0.2) is 40.3 Å². The van der Waals surface area contributed by atoms with E-state index in [0.717, 1.165) is 43.4 Å². The second kappa shape index (κ2) is 11.0. The second-order valence-electron chi connectivity index (χ2n) is 11.7. The quantitative estimate of drug-likeness (QED) is 0.374. The number of ether oxygens (including phenoxy) is 1. The summed E-state index contributed by atoms with van der Waals surface area (Å²) in [5, 5.41) is 18.1. The predicted molar refractivity (Wildman–Crippen MR) is 144 cm³/mol. The van der Waals surface area contributed by atoms with Gasteiger partial charge < -0.3 is 20.5 Å². The van der Waals surface area contributed by atoms with Gasteiger partial charge in [0.25, 0.3) is 0 Å². The van der Waals surface area contributed by atoms with Crippen molar-refractivity contribution in [3.05, 3.63) is 57.1 Å². The fourth-order valence-corrected chi connectivity index (χ4v) is 5.80. The van der Waals surface area contributed by atoms with Crippen molar-refractivity contribution in [1.82, 2.24) is 15.6 Å². The molecule has 0 unspecified atom stereocenters. The van der Waals surface area contributed by atoms with E-state index in [0.29, 0.717) is 16.5 Å². The molecule has 1 spiro atoms. The fourth-order valence-electron chi connectivity index (χ4n) is 5.30. The molecule has 202 valence electrons. The summed E-state index contributed by atoms with van der Waals surface area (Å²) in [5.41, 5.74) is 2.20. The van der Waals surface area contributed by atoms with Crippen molar-refractivity contribution in [2.45, 2.75) is 90.0 Å². The number of aromatic nitrogens is 1. The Morgan fingerprint density at radius 1 is 1.27 bits per heavy atom. The lowest BCUT2D eigenvalue weighted by Crippen LogP contribution is -2.52. The van der Waals surface area contributed by atoms with E-state index in [2.05, 4.69) is 42.5 Å². The Bertz CT molecular complexity index is 1130. The van der Waals surface area contributed by atoms with Gasteiger partial charge >= 0.3 is 0 Å². The first-order valence-corrected chi connectivity index (χ1v) is 13.6. The molecule has 0 radical (unpaired) electrons. The number of carbonyl (C=O) groups is 1. The minimum Gasteiger partial charge on any atom is -0.484 e. The van der Waals surface area contributed by atoms with Gasteiger partial charge in [0, 0.05) is 42.2 Å². The minimum atomic E-state index is -0.930. The third-order valence-corrected chi connectivity index (χ3v) is 7.54. The zero-order valence-electron chi connectivity index (χ0n) is 21.8. The first-order valence-electron chi connectivity index (χ1n) is 12.8. The minimum absolute atomic E-state index is 0.0415. The number of benzene rings is 1. The zero-order valence-corrected chi connectivity index (χ0v) is 23.3. The van der Waals surface area contributed by atoms with Gasteiger partial charge in [0.1, 0.15) is 11.4 Å². The summed E-state index contributed by atoms with van der Waals surface area (Å²) in [6.45, 7) is 8.07. The maximum absolute atomic E-state index is 13.9. The number of amides is 1. The highest BCUT2D eigenvalue weighted by Gasteiger charge is 2.46. The largest absolute Gasteiger partial charge is 0.484 e. The van der Waals surface area contributed by atoms with E-state index in [1.165, 1.54) is 19.1 Å². The molecule has 2 aliphatic rings. The van der Waals surface area contributed by atoms with Gasteiger partial charge in [0.15, 0.2) is 10.9 Å². The molecular formula is C28H36Cl2FN3O3. The average Bonchev–Trinajstić information content (AvgIpc) is 2.73. The molecule has 0 bridgehead atoms. The Morgan fingerprint density at radius 3 is 2.59 bits per heavy atom. The van der Waals surface area contributed by atoms with Gasteiger partial charge in [-0.05, 0) is 67.3 Å². The summed E-state index contributed by atoms with van der Waals surface area (Å²) in [6, 6.07) is 5.56. The first-order chi connectivity index (χ1) is 17.3. The molecule has 1 amide bonds. The van der Waals surface area contributed by atoms with Gasteiger partial charge in [-0.15, -0.1) is 0 Å². The van der Waals surface area contributed by atoms with Crippen LogP contribution in [0, 0.1) is 11.2 Å². The Morgan fingerprint density at radius 2 is 2.00 bits per heavy atom. The summed E-state index contributed by atoms with van der Waals surface area (Å²) >= 11 is 12.6. The predicted octanol–water partition coefficient (Wildman–Crippen LogP) is 5.56. The van der Waals surface area contributed by atoms with Crippen molar-refractivity contribution in [3.63, 3.8) is 0 Å². The molecule has 3 atom stereocenters. The van der Waals surface area contributed by atoms with Gasteiger partial charge in [-0.2, -0.15) is 0 Å². The van der Waals surface area contributed by atoms with E-state index in [1.807, 2.05) is 0 Å². The molecule has 6 nitrogen and oxygen atoms in total. The van der Waals surface area contributed by atoms with Crippen LogP contribution >= 0.6 is 23.2 Å². The lowest BCUT2D eigenvalue weighted by molar-refractivity contribution is -0.120. The fraction of sp³-hybridized carbons (Fsp3) is 0.571. The van der Waals surface area contributed by atoms with Crippen LogP contribution in [0.1, 0.15) is 76.2 Å². The maximum Gasteiger partial charge on any atom is 0.217 e. The second-order valence-corrected chi connectivity index (χ2v) is 12.5. The third-order valence-electron chi connectivity index (χ3n) is 7.06. The SMILES string of the molecule is CC(=O)N[C@@H](Cc1cc(F)cc(Cl)c1)[C@H](O)CN[C@H]1CC2(CCC2)Oc2c1cc(CC(C)(C)C)nc2Cl. The zero-order chi connectivity index (χ0) is 27.0. The molecule has 4 rings (SSSR count). The summed E-state index contributed by atoms with van der Waals surface area (Å²) < 4.78 is 20.3. The summed E-state index contributed by atoms with van der Waals surface area (Å²) in [4.78, 5) is 16.5. The number of carbonyl (C=O) groups excluding carboxylic acids is 1. The number of hydrogen-bond donors (Lipinski definition) is 3. The van der Waals surface area contributed by atoms with E-state index in [4.69, 9.17) is 27.9 Å². The number of fused-ring (bicyclic) bond motifs is 1. The molecule has 1 fully saturated rings. The topological polar surface area (TPSA) is 83.5 Å². The monoisotopic (exact) mass is 551 g/mol. The molecular weight excluding hydrogens is 516 g/mol. The maximum atomic E-state index is 13.9. The Hall–Kier alpha value is -1.93. The first kappa shape index (κ1) is 28.1. The normalized spacial score (nSPS) is 19.9. The number of rotatable bonds is 8. The van der Waals surface area contributed by atoms with E-state index >= 15 is 0 Å². The molecule has 2 aromatic rings. The summed E-state index contributed by atoms with van der Waals surface area (Å²) in [5.74, 6) is -0.121. The lowest BCUT2D eigenvalue weighted by atomic mass is 9.73. The van der Waals surface area contributed by atoms with E-state index < -0.39 is 18.0 Å². The van der Waals surface area contributed by atoms with Crippen molar-refractivity contribution in [1.29, 1.82) is 0 Å². The molecule has 1 aliphatic carbocycles. The van der Waals surface area contributed by atoms with Crippen LogP contribution in [-0.2, 0) is 17.6 Å². The number of aliphatic hydroxyl groups excluding tert-OH is 1. The highest BCUT2D eigenvalue weighted by molar-refractivity contribution is 6.31.